The summed E-state index contributed by atoms with van der Waals surface area (Å²) in [6, 6.07) is -0.431. The molecule has 192 valence electrons. The molecule has 0 radical (unpaired) electrons. The summed E-state index contributed by atoms with van der Waals surface area (Å²) in [5, 5.41) is -0.935. The summed E-state index contributed by atoms with van der Waals surface area (Å²) >= 11 is 11.9. The second-order valence-electron chi connectivity index (χ2n) is 9.45. The Balaban J connectivity index is 1.69. The first kappa shape index (κ1) is 25.7. The number of rotatable bonds is 4. The number of fused-ring (bicyclic) bond motifs is 3. The fourth-order valence-corrected chi connectivity index (χ4v) is 4.69. The van der Waals surface area contributed by atoms with Crippen molar-refractivity contribution in [1.29, 1.82) is 0 Å². The lowest BCUT2D eigenvalue weighted by Gasteiger charge is -2.42. The molecule has 1 amide bonds. The topological polar surface area (TPSA) is 80.7 Å². The van der Waals surface area contributed by atoms with Gasteiger partial charge in [-0.25, -0.2) is 14.2 Å². The highest BCUT2D eigenvalue weighted by Crippen LogP contribution is 2.40. The second-order valence-corrected chi connectivity index (χ2v) is 10.1. The van der Waals surface area contributed by atoms with Gasteiger partial charge in [-0.2, -0.15) is 23.1 Å². The molecule has 0 aliphatic carbocycles. The molecule has 2 saturated heterocycles. The normalized spacial score (nSPS) is 20.5. The van der Waals surface area contributed by atoms with Crippen molar-refractivity contribution in [3.63, 3.8) is 0 Å². The molecule has 2 aliphatic rings. The number of piperazine rings is 1. The predicted octanol–water partition coefficient (Wildman–Crippen LogP) is 5.39. The van der Waals surface area contributed by atoms with E-state index in [2.05, 4.69) is 15.0 Å². The maximum atomic E-state index is 14.8. The summed E-state index contributed by atoms with van der Waals surface area (Å²) in [6.45, 7) is 5.21. The van der Waals surface area contributed by atoms with Gasteiger partial charge in [0.2, 0.25) is 11.2 Å². The van der Waals surface area contributed by atoms with Crippen LogP contribution in [-0.4, -0.2) is 69.5 Å². The Morgan fingerprint density at radius 2 is 1.71 bits per heavy atom. The number of carbonyl (C=O) groups is 1. The second kappa shape index (κ2) is 9.27. The van der Waals surface area contributed by atoms with Crippen LogP contribution in [0.3, 0.4) is 0 Å². The van der Waals surface area contributed by atoms with Crippen LogP contribution in [0.1, 0.15) is 40.0 Å². The minimum atomic E-state index is -4.46. The summed E-state index contributed by atoms with van der Waals surface area (Å²) < 4.78 is 63.6. The van der Waals surface area contributed by atoms with Crippen LogP contribution in [0.5, 0.6) is 5.88 Å². The average molecular weight is 540 g/mol. The molecule has 2 fully saturated rings. The Labute approximate surface area is 208 Å². The van der Waals surface area contributed by atoms with Crippen molar-refractivity contribution in [2.75, 3.05) is 24.6 Å². The van der Waals surface area contributed by atoms with E-state index in [4.69, 9.17) is 32.7 Å². The van der Waals surface area contributed by atoms with E-state index in [1.165, 1.54) is 0 Å². The minimum Gasteiger partial charge on any atom is -0.477 e. The molecule has 0 spiro atoms. The number of carbonyl (C=O) groups excluding carboxylic acids is 1. The standard InChI is InChI=1S/C21H23Cl2F4N5O3/c1-20(2,3)35-19(33)32-10-4-5-11(32)9-31(8-10)16-12-14(28-18(23)30-16)13(24)15(22)29-17(12)34-7-6-21(25,26)27/h10-11H,4-9H2,1-3H3. The molecule has 0 aromatic carbocycles. The SMILES string of the molecule is CC(C)(C)OC(=O)N1C2CCC1CN(c1nc(Cl)nc3c(F)c(Cl)nc(OCCC(F)(F)F)c13)C2. The summed E-state index contributed by atoms with van der Waals surface area (Å²) in [5.74, 6) is -1.18. The van der Waals surface area contributed by atoms with Gasteiger partial charge in [-0.05, 0) is 45.2 Å². The summed E-state index contributed by atoms with van der Waals surface area (Å²) in [5.41, 5.74) is -0.973. The number of nitrogens with zero attached hydrogens (tertiary/aromatic N) is 5. The Hall–Kier alpha value is -2.34. The number of hydrogen-bond donors (Lipinski definition) is 0. The molecule has 0 N–H and O–H groups in total. The van der Waals surface area contributed by atoms with Crippen LogP contribution in [0.25, 0.3) is 10.9 Å². The number of hydrogen-bond acceptors (Lipinski definition) is 7. The van der Waals surface area contributed by atoms with Gasteiger partial charge in [-0.3, -0.25) is 4.90 Å². The first-order chi connectivity index (χ1) is 16.2. The number of alkyl halides is 3. The van der Waals surface area contributed by atoms with Gasteiger partial charge in [-0.1, -0.05) is 11.6 Å². The lowest BCUT2D eigenvalue weighted by molar-refractivity contribution is -0.139. The monoisotopic (exact) mass is 539 g/mol. The zero-order valence-corrected chi connectivity index (χ0v) is 20.6. The van der Waals surface area contributed by atoms with E-state index in [9.17, 15) is 22.4 Å². The van der Waals surface area contributed by atoms with Crippen LogP contribution in [0.4, 0.5) is 28.2 Å². The molecule has 4 rings (SSSR count). The van der Waals surface area contributed by atoms with E-state index < -0.39 is 41.9 Å². The molecule has 2 atom stereocenters. The van der Waals surface area contributed by atoms with Crippen molar-refractivity contribution in [1.82, 2.24) is 19.9 Å². The van der Waals surface area contributed by atoms with Crippen molar-refractivity contribution >= 4 is 46.0 Å². The zero-order valence-electron chi connectivity index (χ0n) is 19.1. The summed E-state index contributed by atoms with van der Waals surface area (Å²) in [6.07, 6.45) is -4.70. The largest absolute Gasteiger partial charge is 0.477 e. The zero-order chi connectivity index (χ0) is 25.7. The van der Waals surface area contributed by atoms with Crippen LogP contribution >= 0.6 is 23.2 Å². The summed E-state index contributed by atoms with van der Waals surface area (Å²) in [7, 11) is 0. The smallest absolute Gasteiger partial charge is 0.410 e. The van der Waals surface area contributed by atoms with Crippen molar-refractivity contribution in [3.05, 3.63) is 16.3 Å². The maximum Gasteiger partial charge on any atom is 0.410 e. The lowest BCUT2D eigenvalue weighted by Crippen LogP contribution is -2.57. The Morgan fingerprint density at radius 1 is 1.09 bits per heavy atom. The molecule has 35 heavy (non-hydrogen) atoms. The van der Waals surface area contributed by atoms with Crippen LogP contribution in [0.2, 0.25) is 10.4 Å². The fourth-order valence-electron chi connectivity index (χ4n) is 4.36. The van der Waals surface area contributed by atoms with E-state index in [0.717, 1.165) is 0 Å². The van der Waals surface area contributed by atoms with Gasteiger partial charge < -0.3 is 14.4 Å². The Morgan fingerprint density at radius 3 is 2.29 bits per heavy atom. The van der Waals surface area contributed by atoms with Gasteiger partial charge in [0.05, 0.1) is 25.1 Å². The first-order valence-corrected chi connectivity index (χ1v) is 11.7. The Kier molecular flexibility index (Phi) is 6.82. The first-order valence-electron chi connectivity index (χ1n) is 10.9. The fraction of sp³-hybridized carbons (Fsp3) is 0.619. The predicted molar refractivity (Wildman–Crippen MR) is 121 cm³/mol. The van der Waals surface area contributed by atoms with Gasteiger partial charge in [0.1, 0.15) is 22.3 Å². The quantitative estimate of drug-likeness (QED) is 0.292. The highest BCUT2D eigenvalue weighted by Gasteiger charge is 2.45. The number of anilines is 1. The molecule has 2 unspecified atom stereocenters. The number of pyridine rings is 1. The van der Waals surface area contributed by atoms with Gasteiger partial charge in [0.15, 0.2) is 11.0 Å². The molecular formula is C21H23Cl2F4N5O3. The maximum absolute atomic E-state index is 14.8. The minimum absolute atomic E-state index is 0.0383. The van der Waals surface area contributed by atoms with E-state index in [-0.39, 0.29) is 40.0 Å². The van der Waals surface area contributed by atoms with Crippen LogP contribution in [0, 0.1) is 5.82 Å². The van der Waals surface area contributed by atoms with E-state index in [1.807, 2.05) is 0 Å². The third-order valence-corrected chi connectivity index (χ3v) is 6.10. The molecular weight excluding hydrogens is 517 g/mol. The lowest BCUT2D eigenvalue weighted by atomic mass is 10.1. The van der Waals surface area contributed by atoms with Gasteiger partial charge in [-0.15, -0.1) is 0 Å². The number of amides is 1. The van der Waals surface area contributed by atoms with Crippen molar-refractivity contribution in [2.24, 2.45) is 0 Å². The van der Waals surface area contributed by atoms with Crippen molar-refractivity contribution in [3.8, 4) is 5.88 Å². The number of halogens is 6. The molecule has 2 bridgehead atoms. The third-order valence-electron chi connectivity index (χ3n) is 5.68. The number of aromatic nitrogens is 3. The molecule has 4 heterocycles. The van der Waals surface area contributed by atoms with E-state index in [1.54, 1.807) is 30.6 Å². The average Bonchev–Trinajstić information content (AvgIpc) is 2.99. The molecule has 14 heteroatoms. The molecule has 2 aromatic rings. The van der Waals surface area contributed by atoms with Crippen LogP contribution in [0.15, 0.2) is 0 Å². The van der Waals surface area contributed by atoms with Crippen molar-refractivity contribution in [2.45, 2.75) is 63.9 Å². The van der Waals surface area contributed by atoms with E-state index >= 15 is 0 Å². The van der Waals surface area contributed by atoms with E-state index in [0.29, 0.717) is 25.9 Å². The molecule has 2 aliphatic heterocycles. The van der Waals surface area contributed by atoms with Crippen LogP contribution < -0.4 is 9.64 Å². The highest BCUT2D eigenvalue weighted by atomic mass is 35.5. The molecule has 2 aromatic heterocycles. The Bertz CT molecular complexity index is 1130. The van der Waals surface area contributed by atoms with Gasteiger partial charge in [0, 0.05) is 13.1 Å². The van der Waals surface area contributed by atoms with Gasteiger partial charge >= 0.3 is 12.3 Å². The highest BCUT2D eigenvalue weighted by molar-refractivity contribution is 6.31. The molecule has 0 saturated carbocycles. The van der Waals surface area contributed by atoms with Crippen LogP contribution in [-0.2, 0) is 4.74 Å². The third kappa shape index (κ3) is 5.58. The molecule has 8 nitrogen and oxygen atoms in total. The summed E-state index contributed by atoms with van der Waals surface area (Å²) in [4.78, 5) is 28.2. The van der Waals surface area contributed by atoms with Gasteiger partial charge in [0.25, 0.3) is 0 Å². The van der Waals surface area contributed by atoms with Crippen molar-refractivity contribution < 1.29 is 31.8 Å². The number of ether oxygens (including phenoxy) is 2.